The second kappa shape index (κ2) is 44.9. The summed E-state index contributed by atoms with van der Waals surface area (Å²) in [6.45, 7) is -1.80. The third kappa shape index (κ3) is 23.2. The zero-order chi connectivity index (χ0) is 97.1. The Balaban J connectivity index is 0.849. The summed E-state index contributed by atoms with van der Waals surface area (Å²) in [4.78, 5) is 129. The van der Waals surface area contributed by atoms with Crippen LogP contribution in [0.15, 0.2) is 0 Å². The van der Waals surface area contributed by atoms with Crippen LogP contribution in [0.5, 0.6) is 0 Å². The van der Waals surface area contributed by atoms with Crippen LogP contribution in [0.3, 0.4) is 0 Å². The Kier molecular flexibility index (Phi) is 36.4. The molecule has 10 saturated heterocycles. The minimum atomic E-state index is -2.74. The van der Waals surface area contributed by atoms with Crippen molar-refractivity contribution in [3.63, 3.8) is 0 Å². The lowest BCUT2D eigenvalue weighted by Crippen LogP contribution is -2.72. The van der Waals surface area contributed by atoms with Crippen molar-refractivity contribution in [1.82, 2.24) is 26.6 Å². The van der Waals surface area contributed by atoms with E-state index in [2.05, 4.69) is 26.6 Å². The Labute approximate surface area is 734 Å². The monoisotopic (exact) mass is 1910 g/mol. The van der Waals surface area contributed by atoms with Gasteiger partial charge in [0.15, 0.2) is 93.4 Å². The molecular weight excluding hydrogens is 1810 g/mol. The van der Waals surface area contributed by atoms with Crippen LogP contribution in [-0.2, 0) is 138 Å². The van der Waals surface area contributed by atoms with Gasteiger partial charge in [0.25, 0.3) is 0 Å². The summed E-state index contributed by atoms with van der Waals surface area (Å²) >= 11 is 0. The van der Waals surface area contributed by atoms with Gasteiger partial charge < -0.3 is 254 Å². The van der Waals surface area contributed by atoms with Crippen molar-refractivity contribution in [2.75, 3.05) is 33.0 Å². The molecule has 0 saturated carbocycles. The van der Waals surface area contributed by atoms with Crippen molar-refractivity contribution < 1.29 is 276 Å². The largest absolute Gasteiger partial charge is 0.479 e. The van der Waals surface area contributed by atoms with E-state index in [1.807, 2.05) is 0 Å². The number of nitrogens with one attached hydrogen (secondary N) is 5. The first-order valence-corrected chi connectivity index (χ1v) is 40.1. The van der Waals surface area contributed by atoms with Crippen LogP contribution >= 0.6 is 0 Å². The van der Waals surface area contributed by atoms with Crippen molar-refractivity contribution in [2.24, 2.45) is 0 Å². The predicted octanol–water partition coefficient (Wildman–Crippen LogP) is -21.6. The number of hydrogen-bond donors (Lipinski definition) is 32. The van der Waals surface area contributed by atoms with E-state index >= 15 is 0 Å². The van der Waals surface area contributed by atoms with E-state index in [1.54, 1.807) is 0 Å². The molecule has 50 atom stereocenters. The SMILES string of the molecule is CC(=O)N[C@@H]1[C@@H](O[C@@H]2O[C@H](C(=O)O)[C@@H](O[C@@H]3O[C@H](CO)[C@H](O)[C@H](O[C@@H]4O[C@H](C(=O)O)[C@@H](O[C@@H]5O[C@H](CO)[C@H](O)[C@H](O[C@@H]6O[C@H](C(=O)O)[C@@H](O[C@@H]7O[C@H](CO)[C@H](O)[C@H](O[C@@H]8O[C@H](C(=O)O)[C@@H](O[C@@H]9O[C@H](CO)[C@H](O)[C@H](O[C@@H]%10O[C@H](C(=O)O)[C@@H](O)[C@H](O)[C@H]%10O)[C@H]9NC(C)=O)[C@H](O)[C@H]8O)[C@H]7NC(C)=O)[C@H](O)[C@H]6O)[C@H]5NC(C)=O)[C@H](O)[C@H]4O)[C@H]3NC(C)=O)[C@H](O)[C@H]2O)[C@@H](O)[C@@H](CO)O[C@@H]1O. The summed E-state index contributed by atoms with van der Waals surface area (Å²) in [6.07, 6.45) is -107. The molecule has 0 radical (unpaired) electrons. The molecule has 10 rings (SSSR count). The zero-order valence-corrected chi connectivity index (χ0v) is 68.8. The lowest BCUT2D eigenvalue weighted by Gasteiger charge is -2.51. The number of carboxylic acid groups (broad SMARTS) is 5. The normalized spacial score (nSPS) is 46.9. The lowest BCUT2D eigenvalue weighted by molar-refractivity contribution is -0.382. The summed E-state index contributed by atoms with van der Waals surface area (Å²) in [5.41, 5.74) is 0. The van der Waals surface area contributed by atoms with Crippen molar-refractivity contribution in [3.8, 4) is 0 Å². The fourth-order valence-corrected chi connectivity index (χ4v) is 16.3. The second-order valence-corrected chi connectivity index (χ2v) is 31.9. The van der Waals surface area contributed by atoms with Gasteiger partial charge in [-0.3, -0.25) is 24.0 Å². The maximum absolute atomic E-state index is 13.4. The maximum Gasteiger partial charge on any atom is 0.335 e. The van der Waals surface area contributed by atoms with Crippen LogP contribution in [0.4, 0.5) is 0 Å². The van der Waals surface area contributed by atoms with Gasteiger partial charge in [0.2, 0.25) is 29.5 Å². The predicted molar refractivity (Wildman–Crippen MR) is 390 cm³/mol. The fourth-order valence-electron chi connectivity index (χ4n) is 16.3. The average molecular weight is 1910 g/mol. The first-order valence-electron chi connectivity index (χ1n) is 40.1. The standard InChI is InChI=1S/C70H107N5O56/c1-11(81)71-21-42(26(86)16(6-76)113-61(21)112)118-67-38(98)33(93)47(52(128-67)57(104)105)123-63-23(73-13(3)83)44(28(88)18(8-78)115-63)120-69-40(100)35(95)49(54(130-69)59(108)109)125-65-25(75-15(5)85)46(30(90)20(10-80)117-65)122-70-41(101)36(96)50(55(131-70)60(110)111)126-64-24(74-14(4)84)45(29(89)19(9-79)116-64)121-68-39(99)34(94)48(53(129-68)58(106)107)124-62-22(72-12(2)82)43(27(87)17(7-77)114-62)119-66-37(97)31(91)32(92)51(127-66)56(102)103/h16-55,61-70,76-80,86-101,112H,6-10H2,1-5H3,(H,71,81)(H,72,82)(H,73,83)(H,74,84)(H,75,85)(H,102,103)(H,104,105)(H,106,107)(H,108,109)(H,110,111)/t16-,17-,18-,19-,20-,21-,22-,23-,24-,25-,26+,27+,28+,29+,30+,31+,32+,33-,34-,35-,36-,37-,38-,39-,40-,41-,42-,43-,44-,45-,46-,47+,48+,49+,50+,51+,52+,53+,54+,55+,61+,62+,63+,64+,65+,66-,67-,68-,69-,70-/m1/s1. The van der Waals surface area contributed by atoms with Crippen molar-refractivity contribution in [1.29, 1.82) is 0 Å². The van der Waals surface area contributed by atoms with E-state index in [4.69, 9.17) is 90.0 Å². The Morgan fingerprint density at radius 1 is 0.206 bits per heavy atom. The van der Waals surface area contributed by atoms with Crippen LogP contribution in [0.25, 0.3) is 0 Å². The van der Waals surface area contributed by atoms with Crippen molar-refractivity contribution in [3.05, 3.63) is 0 Å². The molecule has 10 fully saturated rings. The summed E-state index contributed by atoms with van der Waals surface area (Å²) < 4.78 is 108. The smallest absolute Gasteiger partial charge is 0.335 e. The van der Waals surface area contributed by atoms with Crippen LogP contribution in [0.1, 0.15) is 34.6 Å². The van der Waals surface area contributed by atoms with E-state index in [0.717, 1.165) is 34.6 Å². The molecule has 0 aliphatic carbocycles. The van der Waals surface area contributed by atoms with Crippen LogP contribution in [0.2, 0.25) is 0 Å². The molecule has 0 aromatic carbocycles. The van der Waals surface area contributed by atoms with Gasteiger partial charge in [0, 0.05) is 34.6 Å². The molecule has 32 N–H and O–H groups in total. The van der Waals surface area contributed by atoms with Crippen molar-refractivity contribution in [2.45, 2.75) is 341 Å². The first-order chi connectivity index (χ1) is 61.5. The molecule has 0 spiro atoms. The third-order valence-corrected chi connectivity index (χ3v) is 22.7. The van der Waals surface area contributed by atoms with Crippen LogP contribution in [-0.4, -0.2) is 537 Å². The number of rotatable bonds is 33. The second-order valence-electron chi connectivity index (χ2n) is 31.9. The molecule has 0 aromatic rings. The number of aliphatic hydroxyl groups is 22. The zero-order valence-electron chi connectivity index (χ0n) is 68.8. The molecule has 5 amide bonds. The van der Waals surface area contributed by atoms with Gasteiger partial charge in [-0.2, -0.15) is 0 Å². The van der Waals surface area contributed by atoms with Crippen molar-refractivity contribution >= 4 is 59.4 Å². The van der Waals surface area contributed by atoms with Gasteiger partial charge in [-0.15, -0.1) is 0 Å². The molecule has 131 heavy (non-hydrogen) atoms. The molecule has 10 aliphatic rings. The third-order valence-electron chi connectivity index (χ3n) is 22.7. The molecule has 61 heteroatoms. The van der Waals surface area contributed by atoms with E-state index in [9.17, 15) is 186 Å². The Morgan fingerprint density at radius 3 is 0.580 bits per heavy atom. The van der Waals surface area contributed by atoms with Crippen LogP contribution < -0.4 is 26.6 Å². The number of aliphatic hydroxyl groups excluding tert-OH is 22. The molecular formula is C70H107N5O56. The Morgan fingerprint density at radius 2 is 0.382 bits per heavy atom. The van der Waals surface area contributed by atoms with E-state index in [1.165, 1.54) is 0 Å². The first kappa shape index (κ1) is 106. The number of amides is 5. The molecule has 0 bridgehead atoms. The van der Waals surface area contributed by atoms with Crippen LogP contribution in [0, 0.1) is 0 Å². The highest BCUT2D eigenvalue weighted by atomic mass is 16.8. The highest BCUT2D eigenvalue weighted by Gasteiger charge is 2.64. The van der Waals surface area contributed by atoms with Gasteiger partial charge in [0.1, 0.15) is 213 Å². The van der Waals surface area contributed by atoms with E-state index in [-0.39, 0.29) is 0 Å². The summed E-state index contributed by atoms with van der Waals surface area (Å²) in [7, 11) is 0. The van der Waals surface area contributed by atoms with Gasteiger partial charge in [0.05, 0.1) is 33.0 Å². The topological polar surface area (TPSA) is 952 Å². The van der Waals surface area contributed by atoms with Gasteiger partial charge in [-0.25, -0.2) is 24.0 Å². The maximum atomic E-state index is 13.4. The number of carboxylic acids is 5. The Hall–Kier alpha value is -6.94. The highest BCUT2D eigenvalue weighted by Crippen LogP contribution is 2.42. The summed E-state index contributed by atoms with van der Waals surface area (Å²) in [5, 5.41) is 310. The molecule has 61 nitrogen and oxygen atoms in total. The van der Waals surface area contributed by atoms with E-state index < -0.39 is 399 Å². The number of carbonyl (C=O) groups is 10. The number of hydrogen-bond acceptors (Lipinski definition) is 51. The molecule has 10 heterocycles. The fraction of sp³-hybridized carbons (Fsp3) is 0.857. The highest BCUT2D eigenvalue weighted by molar-refractivity contribution is 5.77. The molecule has 748 valence electrons. The van der Waals surface area contributed by atoms with Gasteiger partial charge >= 0.3 is 29.8 Å². The Bertz CT molecular complexity index is 3890. The molecule has 10 aliphatic heterocycles. The van der Waals surface area contributed by atoms with Gasteiger partial charge in [-0.1, -0.05) is 0 Å². The minimum Gasteiger partial charge on any atom is -0.479 e. The summed E-state index contributed by atoms with van der Waals surface area (Å²) in [5.74, 6) is -15.6. The minimum absolute atomic E-state index is 0.796. The van der Waals surface area contributed by atoms with E-state index in [0.29, 0.717) is 0 Å². The number of aliphatic carboxylic acids is 5. The molecule has 0 aromatic heterocycles. The van der Waals surface area contributed by atoms with Gasteiger partial charge in [-0.05, 0) is 0 Å². The number of ether oxygens (including phenoxy) is 19. The molecule has 0 unspecified atom stereocenters. The number of carbonyl (C=O) groups excluding carboxylic acids is 5. The average Bonchev–Trinajstić information content (AvgIpc) is 0.753. The lowest BCUT2D eigenvalue weighted by atomic mass is 9.93. The quantitative estimate of drug-likeness (QED) is 0.0290. The summed E-state index contributed by atoms with van der Waals surface area (Å²) in [6, 6.07) is -10.3.